The van der Waals surface area contributed by atoms with Crippen molar-refractivity contribution in [2.45, 2.75) is 32.6 Å². The lowest BCUT2D eigenvalue weighted by molar-refractivity contribution is -0.130. The zero-order chi connectivity index (χ0) is 10.4. The zero-order valence-corrected chi connectivity index (χ0v) is 9.38. The predicted octanol–water partition coefficient (Wildman–Crippen LogP) is 1.24. The fourth-order valence-corrected chi connectivity index (χ4v) is 1.87. The molecular formula is C11H22N2O. The highest BCUT2D eigenvalue weighted by atomic mass is 16.2. The largest absolute Gasteiger partial charge is 0.346 e. The van der Waals surface area contributed by atoms with Crippen LogP contribution < -0.4 is 5.32 Å². The van der Waals surface area contributed by atoms with Crippen molar-refractivity contribution in [3.05, 3.63) is 0 Å². The molecule has 1 saturated heterocycles. The Morgan fingerprint density at radius 3 is 2.93 bits per heavy atom. The third-order valence-electron chi connectivity index (χ3n) is 3.07. The van der Waals surface area contributed by atoms with Gasteiger partial charge in [0.05, 0.1) is 0 Å². The van der Waals surface area contributed by atoms with Crippen LogP contribution in [0.25, 0.3) is 0 Å². The number of hydrogen-bond donors (Lipinski definition) is 1. The molecule has 1 aliphatic heterocycles. The third-order valence-corrected chi connectivity index (χ3v) is 3.07. The smallest absolute Gasteiger partial charge is 0.222 e. The molecule has 1 unspecified atom stereocenters. The molecule has 0 aliphatic carbocycles. The van der Waals surface area contributed by atoms with Crippen molar-refractivity contribution in [2.24, 2.45) is 5.92 Å². The first kappa shape index (κ1) is 11.5. The van der Waals surface area contributed by atoms with Crippen LogP contribution in [0.2, 0.25) is 0 Å². The summed E-state index contributed by atoms with van der Waals surface area (Å²) in [4.78, 5) is 13.3. The summed E-state index contributed by atoms with van der Waals surface area (Å²) in [6.45, 7) is 5.09. The summed E-state index contributed by atoms with van der Waals surface area (Å²) >= 11 is 0. The van der Waals surface area contributed by atoms with Crippen molar-refractivity contribution in [3.8, 4) is 0 Å². The quantitative estimate of drug-likeness (QED) is 0.737. The Kier molecular flexibility index (Phi) is 4.94. The summed E-state index contributed by atoms with van der Waals surface area (Å²) in [5, 5.41) is 3.38. The van der Waals surface area contributed by atoms with Crippen molar-refractivity contribution in [3.63, 3.8) is 0 Å². The van der Waals surface area contributed by atoms with E-state index in [9.17, 15) is 4.79 Å². The Balaban J connectivity index is 2.15. The molecule has 1 amide bonds. The van der Waals surface area contributed by atoms with E-state index in [1.807, 2.05) is 14.0 Å². The van der Waals surface area contributed by atoms with Crippen LogP contribution in [0.4, 0.5) is 0 Å². The maximum Gasteiger partial charge on any atom is 0.222 e. The number of rotatable bonds is 4. The van der Waals surface area contributed by atoms with Crippen LogP contribution >= 0.6 is 0 Å². The molecule has 1 heterocycles. The Morgan fingerprint density at radius 1 is 1.57 bits per heavy atom. The second-order valence-electron chi connectivity index (χ2n) is 4.16. The number of carbonyl (C=O) groups excluding carboxylic acids is 1. The highest BCUT2D eigenvalue weighted by Crippen LogP contribution is 2.16. The van der Waals surface area contributed by atoms with Gasteiger partial charge < -0.3 is 10.2 Å². The Bertz CT molecular complexity index is 176. The van der Waals surface area contributed by atoms with Gasteiger partial charge in [-0.2, -0.15) is 0 Å². The van der Waals surface area contributed by atoms with Crippen LogP contribution in [0.15, 0.2) is 0 Å². The number of nitrogens with zero attached hydrogens (tertiary/aromatic N) is 1. The van der Waals surface area contributed by atoms with Gasteiger partial charge in [0.15, 0.2) is 0 Å². The first-order valence-corrected chi connectivity index (χ1v) is 5.68. The van der Waals surface area contributed by atoms with Crippen LogP contribution in [0, 0.1) is 5.92 Å². The highest BCUT2D eigenvalue weighted by Gasteiger charge is 2.15. The second-order valence-corrected chi connectivity index (χ2v) is 4.16. The van der Waals surface area contributed by atoms with E-state index in [-0.39, 0.29) is 5.91 Å². The SMILES string of the molecule is CCN(C)C(=O)CCC1CCCNC1. The van der Waals surface area contributed by atoms with E-state index in [0.717, 1.165) is 38.4 Å². The molecule has 14 heavy (non-hydrogen) atoms. The summed E-state index contributed by atoms with van der Waals surface area (Å²) in [5.41, 5.74) is 0. The van der Waals surface area contributed by atoms with Crippen molar-refractivity contribution in [1.29, 1.82) is 0 Å². The van der Waals surface area contributed by atoms with Crippen molar-refractivity contribution < 1.29 is 4.79 Å². The number of hydrogen-bond acceptors (Lipinski definition) is 2. The van der Waals surface area contributed by atoms with Crippen LogP contribution in [0.1, 0.15) is 32.6 Å². The lowest BCUT2D eigenvalue weighted by atomic mass is 9.94. The summed E-state index contributed by atoms with van der Waals surface area (Å²) in [7, 11) is 1.88. The molecule has 0 aromatic heterocycles. The van der Waals surface area contributed by atoms with Gasteiger partial charge in [0.25, 0.3) is 0 Å². The number of piperidine rings is 1. The average Bonchev–Trinajstić information content (AvgIpc) is 2.26. The van der Waals surface area contributed by atoms with Crippen molar-refractivity contribution in [2.75, 3.05) is 26.7 Å². The molecule has 1 N–H and O–H groups in total. The third kappa shape index (κ3) is 3.66. The lowest BCUT2D eigenvalue weighted by Crippen LogP contribution is -2.31. The topological polar surface area (TPSA) is 32.3 Å². The van der Waals surface area contributed by atoms with Gasteiger partial charge in [0.2, 0.25) is 5.91 Å². The summed E-state index contributed by atoms with van der Waals surface area (Å²) in [5.74, 6) is 1.01. The maximum atomic E-state index is 11.5. The zero-order valence-electron chi connectivity index (χ0n) is 9.38. The van der Waals surface area contributed by atoms with Crippen molar-refractivity contribution in [1.82, 2.24) is 10.2 Å². The fourth-order valence-electron chi connectivity index (χ4n) is 1.87. The molecule has 0 saturated carbocycles. The number of amides is 1. The number of nitrogens with one attached hydrogen (secondary N) is 1. The van der Waals surface area contributed by atoms with Gasteiger partial charge in [0, 0.05) is 20.0 Å². The molecule has 3 nitrogen and oxygen atoms in total. The Hall–Kier alpha value is -0.570. The summed E-state index contributed by atoms with van der Waals surface area (Å²) in [6, 6.07) is 0. The Morgan fingerprint density at radius 2 is 2.36 bits per heavy atom. The van der Waals surface area contributed by atoms with Gasteiger partial charge in [-0.3, -0.25) is 4.79 Å². The van der Waals surface area contributed by atoms with Gasteiger partial charge in [-0.15, -0.1) is 0 Å². The lowest BCUT2D eigenvalue weighted by Gasteiger charge is -2.23. The molecule has 0 spiro atoms. The number of carbonyl (C=O) groups is 1. The molecule has 82 valence electrons. The molecule has 1 fully saturated rings. The van der Waals surface area contributed by atoms with Gasteiger partial charge >= 0.3 is 0 Å². The molecule has 0 aromatic carbocycles. The van der Waals surface area contributed by atoms with E-state index in [0.29, 0.717) is 0 Å². The second kappa shape index (κ2) is 6.02. The minimum atomic E-state index is 0.290. The predicted molar refractivity (Wildman–Crippen MR) is 58.1 cm³/mol. The van der Waals surface area contributed by atoms with E-state index in [2.05, 4.69) is 5.32 Å². The summed E-state index contributed by atoms with van der Waals surface area (Å²) in [6.07, 6.45) is 4.32. The summed E-state index contributed by atoms with van der Waals surface area (Å²) < 4.78 is 0. The van der Waals surface area contributed by atoms with Gasteiger partial charge in [0.1, 0.15) is 0 Å². The molecule has 1 atom stereocenters. The normalized spacial score (nSPS) is 22.0. The van der Waals surface area contributed by atoms with E-state index in [4.69, 9.17) is 0 Å². The van der Waals surface area contributed by atoms with Crippen LogP contribution in [0.3, 0.4) is 0 Å². The van der Waals surface area contributed by atoms with Crippen LogP contribution in [-0.2, 0) is 4.79 Å². The minimum Gasteiger partial charge on any atom is -0.346 e. The molecular weight excluding hydrogens is 176 g/mol. The minimum absolute atomic E-state index is 0.290. The van der Waals surface area contributed by atoms with Crippen LogP contribution in [-0.4, -0.2) is 37.5 Å². The van der Waals surface area contributed by atoms with E-state index in [1.54, 1.807) is 4.90 Å². The van der Waals surface area contributed by atoms with E-state index >= 15 is 0 Å². The monoisotopic (exact) mass is 198 g/mol. The van der Waals surface area contributed by atoms with E-state index in [1.165, 1.54) is 12.8 Å². The molecule has 1 aliphatic rings. The van der Waals surface area contributed by atoms with Gasteiger partial charge in [-0.1, -0.05) is 0 Å². The highest BCUT2D eigenvalue weighted by molar-refractivity contribution is 5.75. The van der Waals surface area contributed by atoms with Crippen molar-refractivity contribution >= 4 is 5.91 Å². The average molecular weight is 198 g/mol. The molecule has 0 radical (unpaired) electrons. The first-order valence-electron chi connectivity index (χ1n) is 5.68. The fraction of sp³-hybridized carbons (Fsp3) is 0.909. The Labute approximate surface area is 86.9 Å². The van der Waals surface area contributed by atoms with E-state index < -0.39 is 0 Å². The molecule has 1 rings (SSSR count). The standard InChI is InChI=1S/C11H22N2O/c1-3-13(2)11(14)7-6-10-5-4-8-12-9-10/h10,12H,3-9H2,1-2H3. The van der Waals surface area contributed by atoms with Gasteiger partial charge in [-0.25, -0.2) is 0 Å². The van der Waals surface area contributed by atoms with Crippen LogP contribution in [0.5, 0.6) is 0 Å². The van der Waals surface area contributed by atoms with Gasteiger partial charge in [-0.05, 0) is 45.2 Å². The molecule has 3 heteroatoms. The first-order chi connectivity index (χ1) is 6.74. The molecule has 0 bridgehead atoms. The molecule has 0 aromatic rings. The maximum absolute atomic E-state index is 11.5.